The van der Waals surface area contributed by atoms with Crippen LogP contribution in [0, 0.1) is 6.92 Å². The minimum atomic E-state index is -0.482. The second kappa shape index (κ2) is 10.2. The fourth-order valence-corrected chi connectivity index (χ4v) is 5.57. The summed E-state index contributed by atoms with van der Waals surface area (Å²) in [7, 11) is 1.36. The standard InChI is InChI=1S/C26H29N3O5S/c1-17-23(35-16-27-17)7-12-34-22-14-24(30)29-10-9-28(8-5-20(29)25(22)26(31)32-2)15-18-3-4-21-19(13-18)6-11-33-21/h3-4,13-14,16H,5-12,15H2,1-2H3. The lowest BCUT2D eigenvalue weighted by Gasteiger charge is -2.19. The lowest BCUT2D eigenvalue weighted by atomic mass is 10.1. The minimum absolute atomic E-state index is 0.159. The van der Waals surface area contributed by atoms with Gasteiger partial charge in [-0.25, -0.2) is 9.78 Å². The van der Waals surface area contributed by atoms with Crippen LogP contribution < -0.4 is 15.0 Å². The molecule has 0 fully saturated rings. The van der Waals surface area contributed by atoms with Crippen molar-refractivity contribution in [2.45, 2.75) is 39.3 Å². The van der Waals surface area contributed by atoms with Gasteiger partial charge in [-0.1, -0.05) is 12.1 Å². The number of aryl methyl sites for hydroxylation is 1. The highest BCUT2D eigenvalue weighted by atomic mass is 32.1. The van der Waals surface area contributed by atoms with Gasteiger partial charge in [0.25, 0.3) is 5.56 Å². The molecule has 3 aromatic rings. The topological polar surface area (TPSA) is 82.9 Å². The maximum Gasteiger partial charge on any atom is 0.343 e. The Balaban J connectivity index is 1.35. The zero-order valence-corrected chi connectivity index (χ0v) is 20.9. The van der Waals surface area contributed by atoms with E-state index >= 15 is 0 Å². The summed E-state index contributed by atoms with van der Waals surface area (Å²) in [6, 6.07) is 7.78. The highest BCUT2D eigenvalue weighted by Crippen LogP contribution is 2.28. The van der Waals surface area contributed by atoms with Gasteiger partial charge in [0, 0.05) is 62.1 Å². The first-order chi connectivity index (χ1) is 17.0. The highest BCUT2D eigenvalue weighted by molar-refractivity contribution is 7.09. The number of fused-ring (bicyclic) bond motifs is 2. The maximum atomic E-state index is 13.0. The average molecular weight is 496 g/mol. The number of rotatable bonds is 7. The van der Waals surface area contributed by atoms with Crippen LogP contribution in [0.1, 0.15) is 37.7 Å². The van der Waals surface area contributed by atoms with Crippen molar-refractivity contribution in [3.63, 3.8) is 0 Å². The van der Waals surface area contributed by atoms with E-state index in [0.717, 1.165) is 42.4 Å². The summed E-state index contributed by atoms with van der Waals surface area (Å²) >= 11 is 1.57. The molecule has 0 saturated carbocycles. The van der Waals surface area contributed by atoms with Crippen LogP contribution in [0.25, 0.3) is 0 Å². The SMILES string of the molecule is COC(=O)c1c(OCCc2scnc2C)cc(=O)n2c1CCN(Cc1ccc3c(c1)CCO3)CC2. The van der Waals surface area contributed by atoms with E-state index in [1.54, 1.807) is 15.9 Å². The quantitative estimate of drug-likeness (QED) is 0.466. The molecule has 5 rings (SSSR count). The van der Waals surface area contributed by atoms with E-state index in [0.29, 0.717) is 49.5 Å². The van der Waals surface area contributed by atoms with Crippen LogP contribution in [0.5, 0.6) is 11.5 Å². The van der Waals surface area contributed by atoms with Crippen molar-refractivity contribution < 1.29 is 19.0 Å². The Morgan fingerprint density at radius 1 is 1.20 bits per heavy atom. The van der Waals surface area contributed by atoms with E-state index in [2.05, 4.69) is 22.0 Å². The molecule has 0 aliphatic carbocycles. The number of esters is 1. The third-order valence-corrected chi connectivity index (χ3v) is 7.66. The second-order valence-electron chi connectivity index (χ2n) is 8.84. The van der Waals surface area contributed by atoms with Gasteiger partial charge in [-0.05, 0) is 24.1 Å². The summed E-state index contributed by atoms with van der Waals surface area (Å²) in [6.45, 7) is 5.78. The van der Waals surface area contributed by atoms with Crippen molar-refractivity contribution >= 4 is 17.3 Å². The maximum absolute atomic E-state index is 13.0. The Morgan fingerprint density at radius 3 is 2.89 bits per heavy atom. The molecule has 0 saturated heterocycles. The lowest BCUT2D eigenvalue weighted by Crippen LogP contribution is -2.29. The van der Waals surface area contributed by atoms with Crippen molar-refractivity contribution in [3.8, 4) is 11.5 Å². The highest BCUT2D eigenvalue weighted by Gasteiger charge is 2.26. The molecule has 35 heavy (non-hydrogen) atoms. The molecule has 0 N–H and O–H groups in total. The van der Waals surface area contributed by atoms with E-state index in [1.165, 1.54) is 24.3 Å². The molecule has 0 radical (unpaired) electrons. The molecule has 2 aliphatic heterocycles. The van der Waals surface area contributed by atoms with E-state index in [4.69, 9.17) is 14.2 Å². The predicted octanol–water partition coefficient (Wildman–Crippen LogP) is 3.01. The number of methoxy groups -OCH3 is 1. The van der Waals surface area contributed by atoms with Crippen molar-refractivity contribution in [1.82, 2.24) is 14.5 Å². The fourth-order valence-electron chi connectivity index (χ4n) is 4.80. The van der Waals surface area contributed by atoms with Crippen molar-refractivity contribution in [2.75, 3.05) is 33.4 Å². The van der Waals surface area contributed by atoms with E-state index < -0.39 is 5.97 Å². The molecule has 0 amide bonds. The van der Waals surface area contributed by atoms with E-state index in [1.807, 2.05) is 18.5 Å². The zero-order chi connectivity index (χ0) is 24.4. The van der Waals surface area contributed by atoms with Crippen LogP contribution in [0.3, 0.4) is 0 Å². The van der Waals surface area contributed by atoms with Crippen molar-refractivity contribution in [3.05, 3.63) is 73.1 Å². The van der Waals surface area contributed by atoms with Crippen LogP contribution in [-0.4, -0.2) is 53.8 Å². The van der Waals surface area contributed by atoms with E-state index in [-0.39, 0.29) is 5.56 Å². The third-order valence-electron chi connectivity index (χ3n) is 6.67. The number of nitrogens with zero attached hydrogens (tertiary/aromatic N) is 3. The largest absolute Gasteiger partial charge is 0.493 e. The molecule has 9 heteroatoms. The van der Waals surface area contributed by atoms with E-state index in [9.17, 15) is 9.59 Å². The zero-order valence-electron chi connectivity index (χ0n) is 20.0. The van der Waals surface area contributed by atoms with Gasteiger partial charge in [0.1, 0.15) is 17.1 Å². The van der Waals surface area contributed by atoms with Gasteiger partial charge < -0.3 is 18.8 Å². The Labute approximate surface area is 208 Å². The van der Waals surface area contributed by atoms with Gasteiger partial charge in [-0.3, -0.25) is 9.69 Å². The third kappa shape index (κ3) is 4.97. The molecule has 0 unspecified atom stereocenters. The fraction of sp³-hybridized carbons (Fsp3) is 0.423. The van der Waals surface area contributed by atoms with Crippen LogP contribution in [0.2, 0.25) is 0 Å². The molecule has 8 nitrogen and oxygen atoms in total. The number of ether oxygens (including phenoxy) is 3. The summed E-state index contributed by atoms with van der Waals surface area (Å²) in [6.07, 6.45) is 2.16. The average Bonchev–Trinajstić information content (AvgIpc) is 3.43. The van der Waals surface area contributed by atoms with Gasteiger partial charge in [-0.15, -0.1) is 11.3 Å². The predicted molar refractivity (Wildman–Crippen MR) is 133 cm³/mol. The number of hydrogen-bond donors (Lipinski definition) is 0. The summed E-state index contributed by atoms with van der Waals surface area (Å²) < 4.78 is 18.4. The minimum Gasteiger partial charge on any atom is -0.493 e. The summed E-state index contributed by atoms with van der Waals surface area (Å²) in [5, 5.41) is 0. The number of pyridine rings is 1. The molecule has 0 atom stereocenters. The first-order valence-corrected chi connectivity index (χ1v) is 12.7. The van der Waals surface area contributed by atoms with Crippen LogP contribution in [-0.2, 0) is 37.1 Å². The first-order valence-electron chi connectivity index (χ1n) is 11.9. The number of hydrogen-bond acceptors (Lipinski definition) is 8. The van der Waals surface area contributed by atoms with Gasteiger partial charge in [0.2, 0.25) is 0 Å². The Bertz CT molecular complexity index is 1300. The molecule has 1 aromatic carbocycles. The normalized spacial score (nSPS) is 15.1. The monoisotopic (exact) mass is 495 g/mol. The summed E-state index contributed by atoms with van der Waals surface area (Å²) in [5.74, 6) is 0.788. The molecule has 0 spiro atoms. The van der Waals surface area contributed by atoms with Crippen molar-refractivity contribution in [1.29, 1.82) is 0 Å². The van der Waals surface area contributed by atoms with Crippen molar-refractivity contribution in [2.24, 2.45) is 0 Å². The number of carbonyl (C=O) groups excluding carboxylic acids is 1. The molecule has 2 aliphatic rings. The first kappa shape index (κ1) is 23.6. The molecule has 2 aromatic heterocycles. The Kier molecular flexibility index (Phi) is 6.88. The molecular weight excluding hydrogens is 466 g/mol. The smallest absolute Gasteiger partial charge is 0.343 e. The number of aromatic nitrogens is 2. The summed E-state index contributed by atoms with van der Waals surface area (Å²) in [5.41, 5.74) is 6.13. The van der Waals surface area contributed by atoms with Gasteiger partial charge in [0.15, 0.2) is 0 Å². The van der Waals surface area contributed by atoms with Gasteiger partial charge in [-0.2, -0.15) is 0 Å². The van der Waals surface area contributed by atoms with Crippen LogP contribution in [0.15, 0.2) is 34.6 Å². The second-order valence-corrected chi connectivity index (χ2v) is 9.78. The molecule has 0 bridgehead atoms. The summed E-state index contributed by atoms with van der Waals surface area (Å²) in [4.78, 5) is 33.5. The molecule has 4 heterocycles. The van der Waals surface area contributed by atoms with Gasteiger partial charge in [0.05, 0.1) is 31.5 Å². The molecular formula is C26H29N3O5S. The van der Waals surface area contributed by atoms with Crippen LogP contribution >= 0.6 is 11.3 Å². The number of thiazole rings is 1. The van der Waals surface area contributed by atoms with Crippen LogP contribution in [0.4, 0.5) is 0 Å². The number of carbonyl (C=O) groups is 1. The Morgan fingerprint density at radius 2 is 2.09 bits per heavy atom. The molecule has 184 valence electrons. The van der Waals surface area contributed by atoms with Gasteiger partial charge >= 0.3 is 5.97 Å². The Hall–Kier alpha value is -3.17. The number of benzene rings is 1. The lowest BCUT2D eigenvalue weighted by molar-refractivity contribution is 0.0593.